The Balaban J connectivity index is 2.41. The predicted molar refractivity (Wildman–Crippen MR) is 72.2 cm³/mol. The fourth-order valence-corrected chi connectivity index (χ4v) is 3.89. The van der Waals surface area contributed by atoms with Gasteiger partial charge in [0.25, 0.3) is 0 Å². The maximum absolute atomic E-state index is 12.3. The normalized spacial score (nSPS) is 37.4. The SMILES string of the molecule is C=C(C)C1CC(=O)C2=CCCC(C)C2(CCl)C1. The number of allylic oxidation sites excluding steroid dienone is 3. The van der Waals surface area contributed by atoms with Crippen LogP contribution in [0, 0.1) is 17.3 Å². The molecule has 0 aliphatic heterocycles. The Morgan fingerprint density at radius 1 is 1.65 bits per heavy atom. The highest BCUT2D eigenvalue weighted by Gasteiger charge is 2.48. The number of halogens is 1. The Morgan fingerprint density at radius 3 is 2.94 bits per heavy atom. The highest BCUT2D eigenvalue weighted by atomic mass is 35.5. The third-order valence-electron chi connectivity index (χ3n) is 4.71. The Labute approximate surface area is 109 Å². The van der Waals surface area contributed by atoms with Gasteiger partial charge in [0.1, 0.15) is 0 Å². The Bertz CT molecular complexity index is 382. The molecule has 2 heteroatoms. The van der Waals surface area contributed by atoms with Crippen LogP contribution in [0.4, 0.5) is 0 Å². The lowest BCUT2D eigenvalue weighted by molar-refractivity contribution is -0.120. The van der Waals surface area contributed by atoms with Gasteiger partial charge in [0.15, 0.2) is 5.78 Å². The van der Waals surface area contributed by atoms with Crippen LogP contribution in [0.1, 0.15) is 39.5 Å². The monoisotopic (exact) mass is 252 g/mol. The second-order valence-electron chi connectivity index (χ2n) is 5.76. The number of fused-ring (bicyclic) bond motifs is 1. The first-order valence-corrected chi connectivity index (χ1v) is 7.00. The van der Waals surface area contributed by atoms with Crippen molar-refractivity contribution in [3.63, 3.8) is 0 Å². The zero-order valence-electron chi connectivity index (χ0n) is 10.8. The lowest BCUT2D eigenvalue weighted by Gasteiger charge is -2.47. The number of hydrogen-bond acceptors (Lipinski definition) is 1. The largest absolute Gasteiger partial charge is 0.295 e. The summed E-state index contributed by atoms with van der Waals surface area (Å²) in [5.74, 6) is 1.69. The van der Waals surface area contributed by atoms with Crippen molar-refractivity contribution in [1.29, 1.82) is 0 Å². The first-order chi connectivity index (χ1) is 8.01. The van der Waals surface area contributed by atoms with Crippen molar-refractivity contribution in [3.05, 3.63) is 23.8 Å². The van der Waals surface area contributed by atoms with Crippen LogP contribution < -0.4 is 0 Å². The Morgan fingerprint density at radius 2 is 2.35 bits per heavy atom. The average Bonchev–Trinajstić information content (AvgIpc) is 2.30. The lowest BCUT2D eigenvalue weighted by atomic mass is 9.57. The van der Waals surface area contributed by atoms with Gasteiger partial charge in [0.05, 0.1) is 0 Å². The van der Waals surface area contributed by atoms with E-state index in [2.05, 4.69) is 19.6 Å². The van der Waals surface area contributed by atoms with E-state index >= 15 is 0 Å². The summed E-state index contributed by atoms with van der Waals surface area (Å²) in [6, 6.07) is 0. The molecular formula is C15H21ClO. The molecule has 0 radical (unpaired) electrons. The van der Waals surface area contributed by atoms with E-state index in [0.717, 1.165) is 30.4 Å². The van der Waals surface area contributed by atoms with E-state index in [9.17, 15) is 4.79 Å². The van der Waals surface area contributed by atoms with Crippen LogP contribution in [0.3, 0.4) is 0 Å². The minimum absolute atomic E-state index is 0.0846. The summed E-state index contributed by atoms with van der Waals surface area (Å²) in [4.78, 5) is 12.3. The van der Waals surface area contributed by atoms with Crippen molar-refractivity contribution in [2.75, 3.05) is 5.88 Å². The third kappa shape index (κ3) is 1.99. The van der Waals surface area contributed by atoms with Gasteiger partial charge in [-0.25, -0.2) is 0 Å². The van der Waals surface area contributed by atoms with Gasteiger partial charge in [-0.05, 0) is 43.6 Å². The molecule has 0 spiro atoms. The number of carbonyl (C=O) groups is 1. The topological polar surface area (TPSA) is 17.1 Å². The maximum atomic E-state index is 12.3. The van der Waals surface area contributed by atoms with Crippen LogP contribution in [0.15, 0.2) is 23.8 Å². The van der Waals surface area contributed by atoms with E-state index < -0.39 is 0 Å². The summed E-state index contributed by atoms with van der Waals surface area (Å²) in [6.07, 6.45) is 5.95. The van der Waals surface area contributed by atoms with Crippen LogP contribution in [0.25, 0.3) is 0 Å². The van der Waals surface area contributed by atoms with E-state index in [0.29, 0.717) is 29.9 Å². The summed E-state index contributed by atoms with van der Waals surface area (Å²) in [7, 11) is 0. The third-order valence-corrected chi connectivity index (χ3v) is 5.18. The molecule has 0 amide bonds. The summed E-state index contributed by atoms with van der Waals surface area (Å²) in [5, 5.41) is 0. The summed E-state index contributed by atoms with van der Waals surface area (Å²) < 4.78 is 0. The predicted octanol–water partition coefficient (Wildman–Crippen LogP) is 4.12. The highest BCUT2D eigenvalue weighted by molar-refractivity contribution is 6.19. The smallest absolute Gasteiger partial charge is 0.159 e. The van der Waals surface area contributed by atoms with Crippen LogP contribution in [-0.2, 0) is 4.79 Å². The number of ketones is 1. The fraction of sp³-hybridized carbons (Fsp3) is 0.667. The molecule has 3 atom stereocenters. The van der Waals surface area contributed by atoms with Gasteiger partial charge < -0.3 is 0 Å². The molecule has 2 rings (SSSR count). The standard InChI is InChI=1S/C15H21ClO/c1-10(2)12-7-14(17)13-6-4-5-11(3)15(13,8-12)9-16/h6,11-12H,1,4-5,7-9H2,2-3H3. The molecule has 17 heavy (non-hydrogen) atoms. The van der Waals surface area contributed by atoms with Crippen molar-refractivity contribution >= 4 is 17.4 Å². The zero-order chi connectivity index (χ0) is 12.6. The summed E-state index contributed by atoms with van der Waals surface area (Å²) >= 11 is 6.25. The molecule has 0 aromatic carbocycles. The van der Waals surface area contributed by atoms with Gasteiger partial charge in [-0.3, -0.25) is 4.79 Å². The first kappa shape index (κ1) is 12.9. The maximum Gasteiger partial charge on any atom is 0.159 e. The molecule has 94 valence electrons. The Kier molecular flexibility index (Phi) is 3.49. The van der Waals surface area contributed by atoms with E-state index in [1.54, 1.807) is 0 Å². The van der Waals surface area contributed by atoms with Gasteiger partial charge in [-0.1, -0.05) is 25.2 Å². The van der Waals surface area contributed by atoms with E-state index in [-0.39, 0.29) is 5.41 Å². The van der Waals surface area contributed by atoms with Gasteiger partial charge in [-0.15, -0.1) is 11.6 Å². The Hall–Kier alpha value is -0.560. The summed E-state index contributed by atoms with van der Waals surface area (Å²) in [6.45, 7) is 8.30. The number of rotatable bonds is 2. The molecule has 1 nitrogen and oxygen atoms in total. The molecule has 3 unspecified atom stereocenters. The number of alkyl halides is 1. The quantitative estimate of drug-likeness (QED) is 0.534. The van der Waals surface area contributed by atoms with Gasteiger partial charge in [0, 0.05) is 17.7 Å². The van der Waals surface area contributed by atoms with E-state index in [4.69, 9.17) is 11.6 Å². The van der Waals surface area contributed by atoms with E-state index in [1.807, 2.05) is 6.92 Å². The summed E-state index contributed by atoms with van der Waals surface area (Å²) in [5.41, 5.74) is 2.06. The lowest BCUT2D eigenvalue weighted by Crippen LogP contribution is -2.44. The highest BCUT2D eigenvalue weighted by Crippen LogP contribution is 2.52. The molecule has 0 saturated heterocycles. The first-order valence-electron chi connectivity index (χ1n) is 6.46. The number of Topliss-reactive ketones (excluding diaryl/α,β-unsaturated/α-hetero) is 1. The molecular weight excluding hydrogens is 232 g/mol. The molecule has 2 aliphatic rings. The van der Waals surface area contributed by atoms with Crippen molar-refractivity contribution in [2.45, 2.75) is 39.5 Å². The van der Waals surface area contributed by atoms with Crippen LogP contribution in [0.2, 0.25) is 0 Å². The second kappa shape index (κ2) is 4.61. The van der Waals surface area contributed by atoms with Crippen molar-refractivity contribution < 1.29 is 4.79 Å². The van der Waals surface area contributed by atoms with E-state index in [1.165, 1.54) is 0 Å². The number of carbonyl (C=O) groups excluding carboxylic acids is 1. The second-order valence-corrected chi connectivity index (χ2v) is 6.03. The molecule has 1 fully saturated rings. The van der Waals surface area contributed by atoms with Crippen LogP contribution in [-0.4, -0.2) is 11.7 Å². The van der Waals surface area contributed by atoms with Crippen molar-refractivity contribution in [3.8, 4) is 0 Å². The average molecular weight is 253 g/mol. The molecule has 0 N–H and O–H groups in total. The van der Waals surface area contributed by atoms with Crippen molar-refractivity contribution in [1.82, 2.24) is 0 Å². The van der Waals surface area contributed by atoms with Gasteiger partial charge >= 0.3 is 0 Å². The van der Waals surface area contributed by atoms with Crippen LogP contribution >= 0.6 is 11.6 Å². The molecule has 2 aliphatic carbocycles. The minimum Gasteiger partial charge on any atom is -0.295 e. The van der Waals surface area contributed by atoms with Gasteiger partial charge in [-0.2, -0.15) is 0 Å². The minimum atomic E-state index is -0.0846. The van der Waals surface area contributed by atoms with Crippen LogP contribution in [0.5, 0.6) is 0 Å². The van der Waals surface area contributed by atoms with Gasteiger partial charge in [0.2, 0.25) is 0 Å². The molecule has 1 saturated carbocycles. The number of hydrogen-bond donors (Lipinski definition) is 0. The zero-order valence-corrected chi connectivity index (χ0v) is 11.5. The molecule has 0 aromatic rings. The fourth-order valence-electron chi connectivity index (χ4n) is 3.38. The van der Waals surface area contributed by atoms with Crippen molar-refractivity contribution in [2.24, 2.45) is 17.3 Å². The molecule has 0 bridgehead atoms. The molecule has 0 aromatic heterocycles. The molecule has 0 heterocycles.